The summed E-state index contributed by atoms with van der Waals surface area (Å²) in [6, 6.07) is 0. The largest absolute Gasteiger partial charge is 0.519 e. The van der Waals surface area contributed by atoms with Crippen LogP contribution in [0.15, 0.2) is 13.6 Å². The Morgan fingerprint density at radius 3 is 2.31 bits per heavy atom. The van der Waals surface area contributed by atoms with Crippen molar-refractivity contribution in [3.8, 4) is 0 Å². The zero-order chi connectivity index (χ0) is 11.8. The van der Waals surface area contributed by atoms with E-state index in [1.807, 2.05) is 0 Å². The highest BCUT2D eigenvalue weighted by Crippen LogP contribution is 2.15. The molecule has 1 aromatic rings. The number of hydrogen-bond acceptors (Lipinski definition) is 3. The van der Waals surface area contributed by atoms with Gasteiger partial charge in [0, 0.05) is 6.42 Å². The molecule has 92 valence electrons. The smallest absolute Gasteiger partial charge is 0.396 e. The van der Waals surface area contributed by atoms with Crippen LogP contribution in [0.4, 0.5) is 0 Å². The number of halogens is 1. The second-order valence-corrected chi connectivity index (χ2v) is 4.51. The van der Waals surface area contributed by atoms with E-state index in [1.54, 1.807) is 0 Å². The fourth-order valence-corrected chi connectivity index (χ4v) is 2.12. The molecule has 1 heterocycles. The van der Waals surface area contributed by atoms with Crippen LogP contribution in [0.25, 0.3) is 0 Å². The molecule has 0 fully saturated rings. The minimum Gasteiger partial charge on any atom is -0.396 e. The number of alkyl halides is 1. The first-order valence-electron chi connectivity index (χ1n) is 5.95. The highest BCUT2D eigenvalue weighted by Gasteiger charge is 2.10. The summed E-state index contributed by atoms with van der Waals surface area (Å²) in [6.07, 6.45) is 8.20. The van der Waals surface area contributed by atoms with Crippen LogP contribution in [0, 0.1) is 0 Å². The third-order valence-electron chi connectivity index (χ3n) is 2.60. The highest BCUT2D eigenvalue weighted by atomic mass is 79.9. The lowest BCUT2D eigenvalue weighted by Crippen LogP contribution is -1.89. The van der Waals surface area contributed by atoms with E-state index in [1.165, 1.54) is 32.1 Å². The summed E-state index contributed by atoms with van der Waals surface area (Å²) in [4.78, 5) is 10.9. The van der Waals surface area contributed by atoms with Crippen LogP contribution < -0.4 is 5.82 Å². The topological polar surface area (TPSA) is 43.4 Å². The predicted molar refractivity (Wildman–Crippen MR) is 67.0 cm³/mol. The molecule has 0 aliphatic carbocycles. The highest BCUT2D eigenvalue weighted by molar-refractivity contribution is 9.08. The molecule has 3 nitrogen and oxygen atoms in total. The van der Waals surface area contributed by atoms with E-state index in [0.717, 1.165) is 12.8 Å². The van der Waals surface area contributed by atoms with Crippen LogP contribution in [0.2, 0.25) is 0 Å². The van der Waals surface area contributed by atoms with Crippen LogP contribution in [-0.2, 0) is 11.8 Å². The maximum absolute atomic E-state index is 10.9. The molecular weight excluding hydrogens is 272 g/mol. The lowest BCUT2D eigenvalue weighted by Gasteiger charge is -1.99. The summed E-state index contributed by atoms with van der Waals surface area (Å²) in [6.45, 7) is 2.21. The van der Waals surface area contributed by atoms with Crippen molar-refractivity contribution in [2.75, 3.05) is 0 Å². The van der Waals surface area contributed by atoms with Crippen molar-refractivity contribution in [2.24, 2.45) is 0 Å². The van der Waals surface area contributed by atoms with Crippen molar-refractivity contribution in [2.45, 2.75) is 57.2 Å². The molecule has 0 N–H and O–H groups in total. The molecule has 0 aliphatic rings. The van der Waals surface area contributed by atoms with E-state index in [2.05, 4.69) is 22.9 Å². The van der Waals surface area contributed by atoms with Gasteiger partial charge in [-0.1, -0.05) is 55.0 Å². The molecule has 1 aromatic heterocycles. The van der Waals surface area contributed by atoms with Crippen molar-refractivity contribution in [3.63, 3.8) is 0 Å². The van der Waals surface area contributed by atoms with Crippen LogP contribution >= 0.6 is 15.9 Å². The van der Waals surface area contributed by atoms with Crippen LogP contribution in [0.1, 0.15) is 57.0 Å². The standard InChI is InChI=1S/C12H19BrO3/c1-2-3-4-5-6-7-8-10-11(9-13)16-12(14)15-10/h2-9H2,1H3. The van der Waals surface area contributed by atoms with E-state index < -0.39 is 5.82 Å². The SMILES string of the molecule is CCCCCCCCc1oc(=O)oc1CBr. The van der Waals surface area contributed by atoms with Gasteiger partial charge in [-0.05, 0) is 6.42 Å². The Balaban J connectivity index is 2.23. The van der Waals surface area contributed by atoms with Gasteiger partial charge >= 0.3 is 5.82 Å². The van der Waals surface area contributed by atoms with Crippen molar-refractivity contribution in [3.05, 3.63) is 22.1 Å². The zero-order valence-electron chi connectivity index (χ0n) is 9.76. The van der Waals surface area contributed by atoms with Gasteiger partial charge in [0.05, 0.1) is 5.33 Å². The summed E-state index contributed by atoms with van der Waals surface area (Å²) in [5.74, 6) is 0.756. The predicted octanol–water partition coefficient (Wildman–Crippen LogP) is 4.03. The molecule has 0 atom stereocenters. The molecule has 0 spiro atoms. The lowest BCUT2D eigenvalue weighted by atomic mass is 10.1. The van der Waals surface area contributed by atoms with E-state index in [4.69, 9.17) is 8.83 Å². The Morgan fingerprint density at radius 2 is 1.62 bits per heavy atom. The molecular formula is C12H19BrO3. The Hall–Kier alpha value is -0.510. The number of rotatable bonds is 8. The molecule has 0 unspecified atom stereocenters. The molecule has 1 rings (SSSR count). The maximum atomic E-state index is 10.9. The molecule has 0 radical (unpaired) electrons. The Morgan fingerprint density at radius 1 is 1.00 bits per heavy atom. The van der Waals surface area contributed by atoms with Gasteiger partial charge in [0.15, 0.2) is 11.5 Å². The van der Waals surface area contributed by atoms with Crippen molar-refractivity contribution < 1.29 is 8.83 Å². The summed E-state index contributed by atoms with van der Waals surface area (Å²) >= 11 is 3.27. The van der Waals surface area contributed by atoms with Gasteiger partial charge in [0.25, 0.3) is 0 Å². The zero-order valence-corrected chi connectivity index (χ0v) is 11.3. The molecule has 0 saturated carbocycles. The minimum absolute atomic E-state index is 0.546. The monoisotopic (exact) mass is 290 g/mol. The van der Waals surface area contributed by atoms with Gasteiger partial charge in [0.1, 0.15) is 0 Å². The Labute approximate surface area is 104 Å². The average Bonchev–Trinajstić information content (AvgIpc) is 2.64. The van der Waals surface area contributed by atoms with Crippen LogP contribution in [-0.4, -0.2) is 0 Å². The first-order chi connectivity index (χ1) is 7.77. The number of aryl methyl sites for hydroxylation is 1. The van der Waals surface area contributed by atoms with Crippen molar-refractivity contribution >= 4 is 15.9 Å². The molecule has 0 aliphatic heterocycles. The third kappa shape index (κ3) is 4.56. The van der Waals surface area contributed by atoms with Crippen molar-refractivity contribution in [1.82, 2.24) is 0 Å². The molecule has 0 bridgehead atoms. The minimum atomic E-state index is -0.588. The lowest BCUT2D eigenvalue weighted by molar-refractivity contribution is 0.367. The van der Waals surface area contributed by atoms with Gasteiger partial charge in [0.2, 0.25) is 0 Å². The molecule has 0 amide bonds. The first-order valence-corrected chi connectivity index (χ1v) is 7.07. The Kier molecular flexibility index (Phi) is 6.53. The quantitative estimate of drug-likeness (QED) is 0.536. The number of unbranched alkanes of at least 4 members (excludes halogenated alkanes) is 5. The Bertz CT molecular complexity index is 340. The molecule has 4 heteroatoms. The van der Waals surface area contributed by atoms with Crippen LogP contribution in [0.3, 0.4) is 0 Å². The second-order valence-electron chi connectivity index (χ2n) is 3.95. The van der Waals surface area contributed by atoms with Gasteiger partial charge in [-0.25, -0.2) is 4.79 Å². The van der Waals surface area contributed by atoms with Crippen molar-refractivity contribution in [1.29, 1.82) is 0 Å². The summed E-state index contributed by atoms with van der Waals surface area (Å²) in [7, 11) is 0. The van der Waals surface area contributed by atoms with Gasteiger partial charge < -0.3 is 8.83 Å². The van der Waals surface area contributed by atoms with Gasteiger partial charge in [-0.2, -0.15) is 0 Å². The summed E-state index contributed by atoms with van der Waals surface area (Å²) in [5, 5.41) is 0.546. The molecule has 0 saturated heterocycles. The number of hydrogen-bond donors (Lipinski definition) is 0. The second kappa shape index (κ2) is 7.71. The van der Waals surface area contributed by atoms with Gasteiger partial charge in [-0.3, -0.25) is 0 Å². The van der Waals surface area contributed by atoms with Crippen LogP contribution in [0.5, 0.6) is 0 Å². The van der Waals surface area contributed by atoms with E-state index in [0.29, 0.717) is 16.9 Å². The fraction of sp³-hybridized carbons (Fsp3) is 0.750. The van der Waals surface area contributed by atoms with E-state index in [9.17, 15) is 4.79 Å². The normalized spacial score (nSPS) is 10.9. The first kappa shape index (κ1) is 13.6. The molecule has 16 heavy (non-hydrogen) atoms. The third-order valence-corrected chi connectivity index (χ3v) is 3.11. The fourth-order valence-electron chi connectivity index (χ4n) is 1.69. The maximum Gasteiger partial charge on any atom is 0.519 e. The average molecular weight is 291 g/mol. The summed E-state index contributed by atoms with van der Waals surface area (Å²) in [5.41, 5.74) is 0. The van der Waals surface area contributed by atoms with E-state index >= 15 is 0 Å². The van der Waals surface area contributed by atoms with E-state index in [-0.39, 0.29) is 0 Å². The molecule has 0 aromatic carbocycles. The summed E-state index contributed by atoms with van der Waals surface area (Å²) < 4.78 is 9.87. The van der Waals surface area contributed by atoms with Gasteiger partial charge in [-0.15, -0.1) is 0 Å².